The minimum atomic E-state index is 0.150. The maximum atomic E-state index is 11.8. The summed E-state index contributed by atoms with van der Waals surface area (Å²) in [6.07, 6.45) is 0.465. The van der Waals surface area contributed by atoms with Crippen LogP contribution in [0, 0.1) is 0 Å². The molecule has 0 unspecified atom stereocenters. The first kappa shape index (κ1) is 16.3. The van der Waals surface area contributed by atoms with Gasteiger partial charge in [-0.25, -0.2) is 0 Å². The van der Waals surface area contributed by atoms with Gasteiger partial charge in [-0.2, -0.15) is 0 Å². The van der Waals surface area contributed by atoms with Gasteiger partial charge in [0.05, 0.1) is 7.11 Å². The highest BCUT2D eigenvalue weighted by Gasteiger charge is 2.09. The van der Waals surface area contributed by atoms with E-state index in [9.17, 15) is 9.90 Å². The molecule has 5 nitrogen and oxygen atoms in total. The lowest BCUT2D eigenvalue weighted by Crippen LogP contribution is -2.32. The van der Waals surface area contributed by atoms with Crippen LogP contribution in [-0.2, 0) is 11.3 Å². The highest BCUT2D eigenvalue weighted by molar-refractivity contribution is 5.76. The van der Waals surface area contributed by atoms with Crippen LogP contribution in [0.15, 0.2) is 18.2 Å². The summed E-state index contributed by atoms with van der Waals surface area (Å²) in [6, 6.07) is 5.37. The third-order valence-corrected chi connectivity index (χ3v) is 3.25. The van der Waals surface area contributed by atoms with E-state index >= 15 is 0 Å². The van der Waals surface area contributed by atoms with Crippen molar-refractivity contribution in [2.45, 2.75) is 26.8 Å². The van der Waals surface area contributed by atoms with Gasteiger partial charge < -0.3 is 20.1 Å². The number of hydrogen-bond acceptors (Lipinski definition) is 4. The Kier molecular flexibility index (Phi) is 6.87. The number of amides is 1. The van der Waals surface area contributed by atoms with E-state index in [4.69, 9.17) is 4.74 Å². The molecular formula is C15H24N2O3. The van der Waals surface area contributed by atoms with E-state index in [-0.39, 0.29) is 11.7 Å². The number of para-hydroxylation sites is 1. The molecule has 0 aromatic heterocycles. The van der Waals surface area contributed by atoms with Crippen LogP contribution < -0.4 is 10.1 Å². The van der Waals surface area contributed by atoms with Gasteiger partial charge in [0.2, 0.25) is 5.91 Å². The third-order valence-electron chi connectivity index (χ3n) is 3.25. The first-order chi connectivity index (χ1) is 9.63. The first-order valence-electron chi connectivity index (χ1n) is 6.97. The summed E-state index contributed by atoms with van der Waals surface area (Å²) in [4.78, 5) is 13.6. The molecule has 0 atom stereocenters. The van der Waals surface area contributed by atoms with Gasteiger partial charge in [-0.1, -0.05) is 12.1 Å². The van der Waals surface area contributed by atoms with Crippen LogP contribution in [0.1, 0.15) is 25.8 Å². The molecule has 0 saturated carbocycles. The Bertz CT molecular complexity index is 431. The van der Waals surface area contributed by atoms with Crippen molar-refractivity contribution in [3.8, 4) is 11.5 Å². The molecule has 112 valence electrons. The molecule has 0 aliphatic carbocycles. The number of carbonyl (C=O) groups is 1. The number of rotatable bonds is 8. The fourth-order valence-electron chi connectivity index (χ4n) is 2.03. The number of nitrogens with zero attached hydrogens (tertiary/aromatic N) is 1. The van der Waals surface area contributed by atoms with Crippen molar-refractivity contribution >= 4 is 5.91 Å². The monoisotopic (exact) mass is 280 g/mol. The molecule has 0 saturated heterocycles. The predicted octanol–water partition coefficient (Wildman–Crippen LogP) is 1.75. The van der Waals surface area contributed by atoms with Crippen LogP contribution in [0.5, 0.6) is 11.5 Å². The summed E-state index contributed by atoms with van der Waals surface area (Å²) in [7, 11) is 1.52. The number of benzene rings is 1. The number of aromatic hydroxyl groups is 1. The lowest BCUT2D eigenvalue weighted by Gasteiger charge is -2.18. The number of methoxy groups -OCH3 is 1. The van der Waals surface area contributed by atoms with E-state index in [1.54, 1.807) is 6.07 Å². The SMILES string of the molecule is CCN(CC)C(=O)CCNCc1cccc(OC)c1O. The number of carbonyl (C=O) groups excluding carboxylic acids is 1. The van der Waals surface area contributed by atoms with Crippen LogP contribution in [0.4, 0.5) is 0 Å². The zero-order valence-electron chi connectivity index (χ0n) is 12.5. The molecule has 0 spiro atoms. The molecule has 20 heavy (non-hydrogen) atoms. The summed E-state index contributed by atoms with van der Waals surface area (Å²) in [5.74, 6) is 0.762. The minimum Gasteiger partial charge on any atom is -0.504 e. The van der Waals surface area contributed by atoms with Crippen molar-refractivity contribution in [2.75, 3.05) is 26.7 Å². The van der Waals surface area contributed by atoms with E-state index < -0.39 is 0 Å². The molecule has 2 N–H and O–H groups in total. The van der Waals surface area contributed by atoms with Crippen LogP contribution >= 0.6 is 0 Å². The van der Waals surface area contributed by atoms with Gasteiger partial charge in [-0.3, -0.25) is 4.79 Å². The van der Waals surface area contributed by atoms with E-state index in [0.717, 1.165) is 18.7 Å². The standard InChI is InChI=1S/C15H24N2O3/c1-4-17(5-2)14(18)9-10-16-11-12-7-6-8-13(20-3)15(12)19/h6-8,16,19H,4-5,9-11H2,1-3H3. The van der Waals surface area contributed by atoms with Crippen molar-refractivity contribution in [1.29, 1.82) is 0 Å². The molecule has 1 rings (SSSR count). The smallest absolute Gasteiger partial charge is 0.223 e. The number of hydrogen-bond donors (Lipinski definition) is 2. The van der Waals surface area contributed by atoms with Gasteiger partial charge in [-0.15, -0.1) is 0 Å². The predicted molar refractivity (Wildman–Crippen MR) is 78.9 cm³/mol. The highest BCUT2D eigenvalue weighted by Crippen LogP contribution is 2.28. The van der Waals surface area contributed by atoms with Crippen LogP contribution in [0.2, 0.25) is 0 Å². The van der Waals surface area contributed by atoms with E-state index in [2.05, 4.69) is 5.32 Å². The zero-order valence-corrected chi connectivity index (χ0v) is 12.5. The molecule has 0 radical (unpaired) electrons. The summed E-state index contributed by atoms with van der Waals surface area (Å²) in [5, 5.41) is 13.1. The average Bonchev–Trinajstić information content (AvgIpc) is 2.46. The Morgan fingerprint density at radius 3 is 2.65 bits per heavy atom. The molecular weight excluding hydrogens is 256 g/mol. The second-order valence-corrected chi connectivity index (χ2v) is 4.46. The molecule has 0 fully saturated rings. The third kappa shape index (κ3) is 4.42. The molecule has 0 bridgehead atoms. The largest absolute Gasteiger partial charge is 0.504 e. The van der Waals surface area contributed by atoms with E-state index in [1.807, 2.05) is 30.9 Å². The van der Waals surface area contributed by atoms with Gasteiger partial charge in [0.25, 0.3) is 0 Å². The van der Waals surface area contributed by atoms with Crippen LogP contribution in [-0.4, -0.2) is 42.7 Å². The highest BCUT2D eigenvalue weighted by atomic mass is 16.5. The summed E-state index contributed by atoms with van der Waals surface area (Å²) in [6.45, 7) is 6.53. The lowest BCUT2D eigenvalue weighted by molar-refractivity contribution is -0.130. The van der Waals surface area contributed by atoms with Crippen LogP contribution in [0.25, 0.3) is 0 Å². The number of phenolic OH excluding ortho intramolecular Hbond substituents is 1. The molecule has 0 heterocycles. The normalized spacial score (nSPS) is 10.3. The van der Waals surface area contributed by atoms with Gasteiger partial charge in [-0.05, 0) is 19.9 Å². The van der Waals surface area contributed by atoms with E-state index in [0.29, 0.717) is 25.3 Å². The van der Waals surface area contributed by atoms with E-state index in [1.165, 1.54) is 7.11 Å². The van der Waals surface area contributed by atoms with Gasteiger partial charge in [0.15, 0.2) is 11.5 Å². The second kappa shape index (κ2) is 8.43. The summed E-state index contributed by atoms with van der Waals surface area (Å²) in [5.41, 5.74) is 0.764. The molecule has 1 amide bonds. The summed E-state index contributed by atoms with van der Waals surface area (Å²) < 4.78 is 5.05. The Morgan fingerprint density at radius 2 is 2.05 bits per heavy atom. The lowest BCUT2D eigenvalue weighted by atomic mass is 10.2. The van der Waals surface area contributed by atoms with Gasteiger partial charge in [0, 0.05) is 38.2 Å². The fourth-order valence-corrected chi connectivity index (χ4v) is 2.03. The second-order valence-electron chi connectivity index (χ2n) is 4.46. The topological polar surface area (TPSA) is 61.8 Å². The Hall–Kier alpha value is -1.75. The minimum absolute atomic E-state index is 0.150. The number of ether oxygens (including phenoxy) is 1. The van der Waals surface area contributed by atoms with Gasteiger partial charge in [0.1, 0.15) is 0 Å². The average molecular weight is 280 g/mol. The van der Waals surface area contributed by atoms with Crippen molar-refractivity contribution in [2.24, 2.45) is 0 Å². The Balaban J connectivity index is 2.40. The molecule has 0 aliphatic rings. The number of nitrogens with one attached hydrogen (secondary N) is 1. The number of phenols is 1. The molecule has 1 aromatic carbocycles. The maximum Gasteiger partial charge on any atom is 0.223 e. The zero-order chi connectivity index (χ0) is 15.0. The Morgan fingerprint density at radius 1 is 1.35 bits per heavy atom. The Labute approximate surface area is 120 Å². The molecule has 0 aliphatic heterocycles. The molecule has 5 heteroatoms. The van der Waals surface area contributed by atoms with Crippen molar-refractivity contribution in [1.82, 2.24) is 10.2 Å². The maximum absolute atomic E-state index is 11.8. The van der Waals surface area contributed by atoms with Crippen molar-refractivity contribution in [3.05, 3.63) is 23.8 Å². The quantitative estimate of drug-likeness (QED) is 0.712. The van der Waals surface area contributed by atoms with Crippen molar-refractivity contribution < 1.29 is 14.6 Å². The van der Waals surface area contributed by atoms with Crippen LogP contribution in [0.3, 0.4) is 0 Å². The fraction of sp³-hybridized carbons (Fsp3) is 0.533. The molecule has 1 aromatic rings. The first-order valence-corrected chi connectivity index (χ1v) is 6.97. The summed E-state index contributed by atoms with van der Waals surface area (Å²) >= 11 is 0. The van der Waals surface area contributed by atoms with Crippen molar-refractivity contribution in [3.63, 3.8) is 0 Å². The van der Waals surface area contributed by atoms with Gasteiger partial charge >= 0.3 is 0 Å².